The summed E-state index contributed by atoms with van der Waals surface area (Å²) in [6.45, 7) is 11.6. The van der Waals surface area contributed by atoms with Crippen molar-refractivity contribution in [2.45, 2.75) is 148 Å². The van der Waals surface area contributed by atoms with Crippen molar-refractivity contribution in [2.24, 2.45) is 17.8 Å². The first kappa shape index (κ1) is 67.6. The lowest BCUT2D eigenvalue weighted by atomic mass is 9.94. The monoisotopic (exact) mass is 1240 g/mol. The molecule has 0 fully saturated rings. The van der Waals surface area contributed by atoms with Crippen molar-refractivity contribution >= 4 is 91.9 Å². The zero-order valence-corrected chi connectivity index (χ0v) is 51.3. The molecule has 0 bridgehead atoms. The van der Waals surface area contributed by atoms with Gasteiger partial charge in [0.05, 0.1) is 6.42 Å². The Bertz CT molecular complexity index is 3730. The molecule has 4 aromatic carbocycles. The topological polar surface area (TPSA) is 355 Å². The molecule has 13 N–H and O–H groups in total. The number of carbonyl (C=O) groups is 10. The highest BCUT2D eigenvalue weighted by atomic mass is 19.1. The van der Waals surface area contributed by atoms with Gasteiger partial charge in [0.2, 0.25) is 47.3 Å². The molecular formula is C66H80FN11O12. The molecule has 0 aliphatic carbocycles. The summed E-state index contributed by atoms with van der Waals surface area (Å²) in [5.74, 6) is -11.7. The standard InChI is InChI=1S/C66H80FN11O12/c1-8-36(5)57(64(87)76-55(66(89)90)30-42-34-70-49-24-15-12-21-46(42)49)78-65(88)58(37(6)9-2)77-63(86)54(31-56(80)81)75-59(82)50(25-35(3)4)72-61(84)52(28-40-32-68-47-22-13-10-19-44(40)47)74-62(85)53(29-41-33-69-48-23-14-11-20-45(41)48)73-60(83)51(71-38(7)79)27-39-17-16-18-43(67)26-39/h10-24,26,32-37,50-55,57-58,68-70H,8-9,25,27-31H2,1-7H3,(H,71,79)(H,72,84)(H,73,83)(H,74,85)(H,75,82)(H,76,87)(H,77,86)(H,78,88)(H,80,81)(H,89,90)/t36-,37-,50-,51-,52+,53+,54-,55-,57-,58-/m0/s1. The highest BCUT2D eigenvalue weighted by Crippen LogP contribution is 2.24. The third-order valence-corrected chi connectivity index (χ3v) is 16.1. The van der Waals surface area contributed by atoms with E-state index in [1.165, 1.54) is 25.1 Å². The predicted octanol–water partition coefficient (Wildman–Crippen LogP) is 5.14. The number of aliphatic carboxylic acids is 2. The van der Waals surface area contributed by atoms with Crippen molar-refractivity contribution in [3.05, 3.63) is 144 Å². The van der Waals surface area contributed by atoms with E-state index in [1.807, 2.05) is 48.5 Å². The fourth-order valence-corrected chi connectivity index (χ4v) is 10.9. The number of H-pyrrole nitrogens is 3. The van der Waals surface area contributed by atoms with E-state index >= 15 is 9.59 Å². The minimum absolute atomic E-state index is 0.0662. The maximum Gasteiger partial charge on any atom is 0.326 e. The molecule has 0 unspecified atom stereocenters. The molecule has 90 heavy (non-hydrogen) atoms. The Hall–Kier alpha value is -9.87. The summed E-state index contributed by atoms with van der Waals surface area (Å²) in [7, 11) is 0. The second-order valence-corrected chi connectivity index (χ2v) is 23.4. The number of fused-ring (bicyclic) bond motifs is 3. The molecule has 3 aromatic heterocycles. The van der Waals surface area contributed by atoms with Crippen molar-refractivity contribution < 1.29 is 62.5 Å². The number of hydrogen-bond acceptors (Lipinski definition) is 10. The van der Waals surface area contributed by atoms with E-state index in [9.17, 15) is 53.0 Å². The molecule has 0 spiro atoms. The van der Waals surface area contributed by atoms with E-state index in [-0.39, 0.29) is 38.0 Å². The maximum atomic E-state index is 15.0. The lowest BCUT2D eigenvalue weighted by Crippen LogP contribution is -2.62. The lowest BCUT2D eigenvalue weighted by molar-refractivity contribution is -0.142. The number of halogens is 1. The molecule has 24 heteroatoms. The molecule has 0 radical (unpaired) electrons. The third kappa shape index (κ3) is 18.1. The summed E-state index contributed by atoms with van der Waals surface area (Å²) in [5, 5.41) is 43.9. The van der Waals surface area contributed by atoms with Crippen LogP contribution in [0.4, 0.5) is 4.39 Å². The zero-order valence-electron chi connectivity index (χ0n) is 51.3. The second kappa shape index (κ2) is 31.3. The number of carbonyl (C=O) groups excluding carboxylic acids is 8. The van der Waals surface area contributed by atoms with Crippen LogP contribution >= 0.6 is 0 Å². The van der Waals surface area contributed by atoms with Crippen molar-refractivity contribution in [1.29, 1.82) is 0 Å². The molecule has 0 aliphatic rings. The molecule has 0 saturated heterocycles. The van der Waals surface area contributed by atoms with Gasteiger partial charge in [0.1, 0.15) is 54.2 Å². The number of aromatic nitrogens is 3. The van der Waals surface area contributed by atoms with Crippen molar-refractivity contribution in [2.75, 3.05) is 0 Å². The number of hydrogen-bond donors (Lipinski definition) is 13. The van der Waals surface area contributed by atoms with Gasteiger partial charge in [0.15, 0.2) is 0 Å². The van der Waals surface area contributed by atoms with Crippen molar-refractivity contribution in [1.82, 2.24) is 57.5 Å². The molecular weight excluding hydrogens is 1160 g/mol. The van der Waals surface area contributed by atoms with Gasteiger partial charge in [-0.3, -0.25) is 43.2 Å². The molecule has 7 rings (SSSR count). The van der Waals surface area contributed by atoms with Crippen LogP contribution in [0.3, 0.4) is 0 Å². The maximum absolute atomic E-state index is 15.0. The molecule has 8 amide bonds. The Morgan fingerprint density at radius 2 is 0.822 bits per heavy atom. The van der Waals surface area contributed by atoms with Gasteiger partial charge < -0.3 is 67.7 Å². The average molecular weight is 1240 g/mol. The number of benzene rings is 4. The van der Waals surface area contributed by atoms with Gasteiger partial charge >= 0.3 is 11.9 Å². The van der Waals surface area contributed by atoms with Crippen LogP contribution < -0.4 is 42.5 Å². The first-order chi connectivity index (χ1) is 42.9. The SMILES string of the molecule is CC[C@H](C)[C@H](NC(=O)[C@H](CC(=O)O)NC(=O)[C@H](CC(C)C)NC(=O)[C@@H](Cc1c[nH]c2ccccc12)NC(=O)[C@@H](Cc1c[nH]c2ccccc12)NC(=O)[C@H](Cc1cccc(F)c1)NC(C)=O)C(=O)N[C@H](C(=O)N[C@@H](Cc1c[nH]c2ccccc12)C(=O)O)[C@@H](C)CC. The first-order valence-corrected chi connectivity index (χ1v) is 30.2. The minimum atomic E-state index is -1.84. The van der Waals surface area contributed by atoms with E-state index < -0.39 is 132 Å². The molecule has 3 heterocycles. The highest BCUT2D eigenvalue weighted by molar-refractivity contribution is 6.00. The Morgan fingerprint density at radius 1 is 0.444 bits per heavy atom. The molecule has 0 saturated carbocycles. The van der Waals surface area contributed by atoms with Crippen LogP contribution in [0.25, 0.3) is 32.7 Å². The molecule has 478 valence electrons. The van der Waals surface area contributed by atoms with Gasteiger partial charge in [-0.15, -0.1) is 0 Å². The van der Waals surface area contributed by atoms with Crippen molar-refractivity contribution in [3.8, 4) is 0 Å². The molecule has 7 aromatic rings. The van der Waals surface area contributed by atoms with Crippen LogP contribution in [0.5, 0.6) is 0 Å². The van der Waals surface area contributed by atoms with E-state index in [1.54, 1.807) is 90.5 Å². The summed E-state index contributed by atoms with van der Waals surface area (Å²) in [6, 6.07) is 15.6. The van der Waals surface area contributed by atoms with Gasteiger partial charge in [-0.25, -0.2) is 9.18 Å². The minimum Gasteiger partial charge on any atom is -0.481 e. The van der Waals surface area contributed by atoms with Crippen molar-refractivity contribution in [3.63, 3.8) is 0 Å². The zero-order chi connectivity index (χ0) is 65.3. The third-order valence-electron chi connectivity index (χ3n) is 16.1. The van der Waals surface area contributed by atoms with Crippen LogP contribution in [-0.2, 0) is 73.6 Å². The fraction of sp³-hybridized carbons (Fsp3) is 0.394. The van der Waals surface area contributed by atoms with Gasteiger partial charge in [-0.05, 0) is 76.8 Å². The molecule has 0 aliphatic heterocycles. The quantitative estimate of drug-likeness (QED) is 0.0261. The van der Waals surface area contributed by atoms with Gasteiger partial charge in [-0.2, -0.15) is 0 Å². The van der Waals surface area contributed by atoms with E-state index in [0.29, 0.717) is 46.0 Å². The molecule has 23 nitrogen and oxygen atoms in total. The first-order valence-electron chi connectivity index (χ1n) is 30.2. The van der Waals surface area contributed by atoms with Crippen LogP contribution in [0.1, 0.15) is 96.4 Å². The lowest BCUT2D eigenvalue weighted by Gasteiger charge is -2.31. The van der Waals surface area contributed by atoms with Crippen LogP contribution in [0, 0.1) is 23.6 Å². The largest absolute Gasteiger partial charge is 0.481 e. The summed E-state index contributed by atoms with van der Waals surface area (Å²) in [6.07, 6.45) is 4.08. The fourth-order valence-electron chi connectivity index (χ4n) is 10.9. The number of carboxylic acid groups (broad SMARTS) is 2. The number of carboxylic acids is 2. The number of rotatable bonds is 32. The average Bonchev–Trinajstić information content (AvgIpc) is 2.22. The van der Waals surface area contributed by atoms with Gasteiger partial charge in [-0.1, -0.05) is 121 Å². The number of para-hydroxylation sites is 3. The smallest absolute Gasteiger partial charge is 0.326 e. The predicted molar refractivity (Wildman–Crippen MR) is 335 cm³/mol. The van der Waals surface area contributed by atoms with E-state index in [0.717, 1.165) is 21.8 Å². The van der Waals surface area contributed by atoms with Crippen LogP contribution in [-0.4, -0.2) is 133 Å². The van der Waals surface area contributed by atoms with E-state index in [2.05, 4.69) is 57.5 Å². The van der Waals surface area contributed by atoms with Gasteiger partial charge in [0.25, 0.3) is 0 Å². The summed E-state index contributed by atoms with van der Waals surface area (Å²) in [4.78, 5) is 149. The Kier molecular flexibility index (Phi) is 23.6. The number of nitrogens with one attached hydrogen (secondary N) is 11. The van der Waals surface area contributed by atoms with E-state index in [4.69, 9.17) is 0 Å². The normalized spacial score (nSPS) is 14.8. The molecule has 10 atom stereocenters. The van der Waals surface area contributed by atoms with Gasteiger partial charge in [0, 0.05) is 83.9 Å². The Morgan fingerprint density at radius 3 is 1.24 bits per heavy atom. The Balaban J connectivity index is 1.13. The number of amides is 8. The highest BCUT2D eigenvalue weighted by Gasteiger charge is 2.38. The van der Waals surface area contributed by atoms with Crippen LogP contribution in [0.2, 0.25) is 0 Å². The second-order valence-electron chi connectivity index (χ2n) is 23.4. The summed E-state index contributed by atoms with van der Waals surface area (Å²) >= 11 is 0. The Labute approximate surface area is 519 Å². The van der Waals surface area contributed by atoms with Crippen LogP contribution in [0.15, 0.2) is 116 Å². The summed E-state index contributed by atoms with van der Waals surface area (Å²) < 4.78 is 14.4. The summed E-state index contributed by atoms with van der Waals surface area (Å²) in [5.41, 5.74) is 4.42. The number of aromatic amines is 3.